The van der Waals surface area contributed by atoms with Crippen molar-refractivity contribution in [3.8, 4) is 0 Å². The van der Waals surface area contributed by atoms with Crippen LogP contribution in [0.3, 0.4) is 0 Å². The molecule has 1 aromatic rings. The van der Waals surface area contributed by atoms with Gasteiger partial charge in [-0.15, -0.1) is 11.3 Å². The third kappa shape index (κ3) is 3.07. The third-order valence-electron chi connectivity index (χ3n) is 1.47. The fourth-order valence-corrected chi connectivity index (χ4v) is 2.60. The summed E-state index contributed by atoms with van der Waals surface area (Å²) >= 11 is 1.20. The molecule has 0 fully saturated rings. The van der Waals surface area contributed by atoms with Crippen LogP contribution in [0.25, 0.3) is 0 Å². The summed E-state index contributed by atoms with van der Waals surface area (Å²) in [6.45, 7) is 3.55. The maximum atomic E-state index is 10.9. The molecule has 0 aliphatic carbocycles. The second-order valence-electron chi connectivity index (χ2n) is 2.55. The van der Waals surface area contributed by atoms with Crippen molar-refractivity contribution in [3.63, 3.8) is 0 Å². The smallest absolute Gasteiger partial charge is 0.247 e. The van der Waals surface area contributed by atoms with Gasteiger partial charge in [0.25, 0.3) is 0 Å². The molecule has 6 heteroatoms. The number of nitrogens with two attached hydrogens (primary N) is 1. The van der Waals surface area contributed by atoms with Gasteiger partial charge in [0.1, 0.15) is 4.21 Å². The van der Waals surface area contributed by atoms with Crippen LogP contribution in [0.2, 0.25) is 0 Å². The van der Waals surface area contributed by atoms with Crippen molar-refractivity contribution in [2.24, 2.45) is 5.14 Å². The summed E-state index contributed by atoms with van der Waals surface area (Å²) in [5, 5.41) is 8.07. The van der Waals surface area contributed by atoms with E-state index in [1.807, 2.05) is 6.92 Å². The van der Waals surface area contributed by atoms with E-state index in [0.29, 0.717) is 6.54 Å². The molecule has 0 spiro atoms. The van der Waals surface area contributed by atoms with Crippen LogP contribution in [0.4, 0.5) is 0 Å². The van der Waals surface area contributed by atoms with E-state index in [-0.39, 0.29) is 4.21 Å². The topological polar surface area (TPSA) is 72.2 Å². The zero-order chi connectivity index (χ0) is 9.90. The second-order valence-corrected chi connectivity index (χ2v) is 5.50. The van der Waals surface area contributed by atoms with Crippen LogP contribution in [0, 0.1) is 0 Å². The number of thiophene rings is 1. The second kappa shape index (κ2) is 4.19. The SMILES string of the molecule is CCNCc1ccc(S(N)(=O)=O)s1. The van der Waals surface area contributed by atoms with Crippen LogP contribution >= 0.6 is 11.3 Å². The van der Waals surface area contributed by atoms with Gasteiger partial charge in [0, 0.05) is 11.4 Å². The molecule has 0 unspecified atom stereocenters. The summed E-state index contributed by atoms with van der Waals surface area (Å²) in [5.41, 5.74) is 0. The van der Waals surface area contributed by atoms with Crippen LogP contribution < -0.4 is 10.5 Å². The molecular formula is C7H12N2O2S2. The molecule has 1 aromatic heterocycles. The maximum absolute atomic E-state index is 10.9. The van der Waals surface area contributed by atoms with Crippen LogP contribution in [0.5, 0.6) is 0 Å². The zero-order valence-corrected chi connectivity index (χ0v) is 8.91. The Bertz CT molecular complexity index is 370. The molecule has 1 rings (SSSR count). The lowest BCUT2D eigenvalue weighted by atomic mass is 10.4. The normalized spacial score (nSPS) is 11.8. The highest BCUT2D eigenvalue weighted by Crippen LogP contribution is 2.19. The highest BCUT2D eigenvalue weighted by atomic mass is 32.2. The molecule has 0 saturated carbocycles. The Balaban J connectivity index is 2.76. The molecule has 13 heavy (non-hydrogen) atoms. The highest BCUT2D eigenvalue weighted by Gasteiger charge is 2.10. The first-order valence-electron chi connectivity index (χ1n) is 3.86. The first-order valence-corrected chi connectivity index (χ1v) is 6.22. The molecule has 0 bridgehead atoms. The van der Waals surface area contributed by atoms with Gasteiger partial charge in [0.15, 0.2) is 0 Å². The van der Waals surface area contributed by atoms with Crippen molar-refractivity contribution < 1.29 is 8.42 Å². The lowest BCUT2D eigenvalue weighted by Gasteiger charge is -1.95. The minimum atomic E-state index is -3.52. The Morgan fingerprint density at radius 2 is 2.23 bits per heavy atom. The molecule has 0 aliphatic rings. The van der Waals surface area contributed by atoms with Gasteiger partial charge in [-0.2, -0.15) is 0 Å². The lowest BCUT2D eigenvalue weighted by Crippen LogP contribution is -2.11. The minimum absolute atomic E-state index is 0.223. The summed E-state index contributed by atoms with van der Waals surface area (Å²) in [6, 6.07) is 3.31. The molecule has 0 aromatic carbocycles. The van der Waals surface area contributed by atoms with E-state index in [1.54, 1.807) is 6.07 Å². The summed E-state index contributed by atoms with van der Waals surface area (Å²) in [6.07, 6.45) is 0. The third-order valence-corrected chi connectivity index (χ3v) is 3.99. The highest BCUT2D eigenvalue weighted by molar-refractivity contribution is 7.91. The van der Waals surface area contributed by atoms with E-state index < -0.39 is 10.0 Å². The molecule has 0 radical (unpaired) electrons. The quantitative estimate of drug-likeness (QED) is 0.776. The van der Waals surface area contributed by atoms with Crippen molar-refractivity contribution in [2.45, 2.75) is 17.7 Å². The van der Waals surface area contributed by atoms with E-state index in [9.17, 15) is 8.42 Å². The first kappa shape index (κ1) is 10.6. The number of hydrogen-bond acceptors (Lipinski definition) is 4. The Hall–Kier alpha value is -0.430. The summed E-state index contributed by atoms with van der Waals surface area (Å²) in [4.78, 5) is 0.978. The van der Waals surface area contributed by atoms with Gasteiger partial charge in [-0.1, -0.05) is 6.92 Å². The number of nitrogens with one attached hydrogen (secondary N) is 1. The van der Waals surface area contributed by atoms with Crippen LogP contribution in [-0.4, -0.2) is 15.0 Å². The first-order chi connectivity index (χ1) is 6.04. The largest absolute Gasteiger partial charge is 0.312 e. The van der Waals surface area contributed by atoms with Gasteiger partial charge in [0.2, 0.25) is 10.0 Å². The average molecular weight is 220 g/mol. The summed E-state index contributed by atoms with van der Waals surface area (Å²) in [7, 11) is -3.52. The van der Waals surface area contributed by atoms with Crippen LogP contribution in [0.1, 0.15) is 11.8 Å². The Labute approximate surface area is 81.8 Å². The van der Waals surface area contributed by atoms with Crippen molar-refractivity contribution in [2.75, 3.05) is 6.54 Å². The fraction of sp³-hybridized carbons (Fsp3) is 0.429. The zero-order valence-electron chi connectivity index (χ0n) is 7.28. The standard InChI is InChI=1S/C7H12N2O2S2/c1-2-9-5-6-3-4-7(12-6)13(8,10)11/h3-4,9H,2,5H2,1H3,(H2,8,10,11). The van der Waals surface area contributed by atoms with E-state index in [2.05, 4.69) is 5.32 Å². The van der Waals surface area contributed by atoms with Gasteiger partial charge in [-0.3, -0.25) is 0 Å². The molecule has 4 nitrogen and oxygen atoms in total. The molecule has 1 heterocycles. The molecule has 0 saturated heterocycles. The number of hydrogen-bond donors (Lipinski definition) is 2. The Kier molecular flexibility index (Phi) is 3.43. The van der Waals surface area contributed by atoms with E-state index in [0.717, 1.165) is 11.4 Å². The molecule has 0 amide bonds. The van der Waals surface area contributed by atoms with Crippen molar-refractivity contribution in [1.29, 1.82) is 0 Å². The van der Waals surface area contributed by atoms with Gasteiger partial charge >= 0.3 is 0 Å². The fourth-order valence-electron chi connectivity index (χ4n) is 0.854. The minimum Gasteiger partial charge on any atom is -0.312 e. The number of primary sulfonamides is 1. The Morgan fingerprint density at radius 3 is 2.69 bits per heavy atom. The monoisotopic (exact) mass is 220 g/mol. The van der Waals surface area contributed by atoms with Crippen molar-refractivity contribution in [1.82, 2.24) is 5.32 Å². The lowest BCUT2D eigenvalue weighted by molar-refractivity contribution is 0.600. The maximum Gasteiger partial charge on any atom is 0.247 e. The van der Waals surface area contributed by atoms with Gasteiger partial charge in [-0.25, -0.2) is 13.6 Å². The van der Waals surface area contributed by atoms with Crippen molar-refractivity contribution in [3.05, 3.63) is 17.0 Å². The van der Waals surface area contributed by atoms with Crippen molar-refractivity contribution >= 4 is 21.4 Å². The van der Waals surface area contributed by atoms with E-state index in [4.69, 9.17) is 5.14 Å². The van der Waals surface area contributed by atoms with Crippen LogP contribution in [0.15, 0.2) is 16.3 Å². The average Bonchev–Trinajstić information content (AvgIpc) is 2.47. The molecule has 74 valence electrons. The molecule has 0 aliphatic heterocycles. The van der Waals surface area contributed by atoms with Gasteiger partial charge in [-0.05, 0) is 18.7 Å². The predicted octanol–water partition coefficient (Wildman–Crippen LogP) is 0.505. The summed E-state index contributed by atoms with van der Waals surface area (Å²) in [5.74, 6) is 0. The molecular weight excluding hydrogens is 208 g/mol. The summed E-state index contributed by atoms with van der Waals surface area (Å²) < 4.78 is 22.0. The molecule has 3 N–H and O–H groups in total. The molecule has 0 atom stereocenters. The predicted molar refractivity (Wildman–Crippen MR) is 53.1 cm³/mol. The number of sulfonamides is 1. The van der Waals surface area contributed by atoms with Gasteiger partial charge < -0.3 is 5.32 Å². The van der Waals surface area contributed by atoms with E-state index >= 15 is 0 Å². The number of rotatable bonds is 4. The van der Waals surface area contributed by atoms with E-state index in [1.165, 1.54) is 17.4 Å². The Morgan fingerprint density at radius 1 is 1.54 bits per heavy atom. The van der Waals surface area contributed by atoms with Crippen LogP contribution in [-0.2, 0) is 16.6 Å². The van der Waals surface area contributed by atoms with Gasteiger partial charge in [0.05, 0.1) is 0 Å².